The van der Waals surface area contributed by atoms with Crippen LogP contribution in [0, 0.1) is 12.8 Å². The lowest BCUT2D eigenvalue weighted by atomic mass is 10.2. The second-order valence-corrected chi connectivity index (χ2v) is 4.16. The Morgan fingerprint density at radius 2 is 2.06 bits per heavy atom. The number of rotatable bonds is 3. The highest BCUT2D eigenvalue weighted by Gasteiger charge is 2.14. The van der Waals surface area contributed by atoms with E-state index in [0.29, 0.717) is 11.5 Å². The third kappa shape index (κ3) is 3.18. The quantitative estimate of drug-likeness (QED) is 0.799. The minimum Gasteiger partial charge on any atom is -0.346 e. The van der Waals surface area contributed by atoms with Gasteiger partial charge in [0.1, 0.15) is 5.82 Å². The maximum atomic E-state index is 11.5. The molecule has 0 aromatic carbocycles. The number of hydrogen-bond donors (Lipinski definition) is 2. The maximum absolute atomic E-state index is 11.5. The predicted octanol–water partition coefficient (Wildman–Crippen LogP) is 0.912. The van der Waals surface area contributed by atoms with E-state index in [1.54, 1.807) is 13.8 Å². The van der Waals surface area contributed by atoms with Crippen LogP contribution < -0.4 is 10.9 Å². The number of amides is 1. The molecule has 1 aromatic rings. The number of nitrogens with zero attached hydrogens (tertiary/aromatic N) is 1. The Hall–Kier alpha value is -1.65. The zero-order valence-electron chi connectivity index (χ0n) is 10.00. The van der Waals surface area contributed by atoms with Gasteiger partial charge in [0.25, 0.3) is 5.56 Å². The molecule has 0 aliphatic heterocycles. The van der Waals surface area contributed by atoms with Gasteiger partial charge >= 0.3 is 0 Å². The van der Waals surface area contributed by atoms with E-state index in [2.05, 4.69) is 15.3 Å². The molecule has 0 aliphatic carbocycles. The molecule has 0 bridgehead atoms. The predicted molar refractivity (Wildman–Crippen MR) is 61.0 cm³/mol. The Morgan fingerprint density at radius 3 is 2.56 bits per heavy atom. The number of carbonyl (C=O) groups excluding carboxylic acids is 1. The van der Waals surface area contributed by atoms with Crippen molar-refractivity contribution in [3.63, 3.8) is 0 Å². The van der Waals surface area contributed by atoms with Gasteiger partial charge < -0.3 is 10.3 Å². The van der Waals surface area contributed by atoms with Crippen molar-refractivity contribution in [3.05, 3.63) is 27.9 Å². The number of aryl methyl sites for hydroxylation is 1. The van der Waals surface area contributed by atoms with E-state index < -0.39 is 0 Å². The molecular formula is C11H17N3O2. The second-order valence-electron chi connectivity index (χ2n) is 4.16. The molecule has 5 nitrogen and oxygen atoms in total. The summed E-state index contributed by atoms with van der Waals surface area (Å²) in [7, 11) is 0. The van der Waals surface area contributed by atoms with Gasteiger partial charge in [-0.15, -0.1) is 0 Å². The monoisotopic (exact) mass is 223 g/mol. The van der Waals surface area contributed by atoms with E-state index in [4.69, 9.17) is 0 Å². The Morgan fingerprint density at radius 1 is 1.44 bits per heavy atom. The summed E-state index contributed by atoms with van der Waals surface area (Å²) >= 11 is 0. The molecule has 16 heavy (non-hydrogen) atoms. The Balaban J connectivity index is 2.84. The summed E-state index contributed by atoms with van der Waals surface area (Å²) in [5.74, 6) is 0.342. The molecule has 1 rings (SSSR count). The van der Waals surface area contributed by atoms with Gasteiger partial charge in [0.05, 0.1) is 6.04 Å². The molecule has 1 aromatic heterocycles. The van der Waals surface area contributed by atoms with Crippen LogP contribution in [0.5, 0.6) is 0 Å². The Bertz CT molecular complexity index is 437. The van der Waals surface area contributed by atoms with Gasteiger partial charge in [-0.25, -0.2) is 4.98 Å². The average Bonchev–Trinajstić information content (AvgIpc) is 2.15. The van der Waals surface area contributed by atoms with Gasteiger partial charge in [0.15, 0.2) is 0 Å². The number of aromatic nitrogens is 2. The molecule has 1 unspecified atom stereocenters. The van der Waals surface area contributed by atoms with E-state index in [1.807, 2.05) is 13.8 Å². The smallest absolute Gasteiger partial charge is 0.251 e. The number of hydrogen-bond acceptors (Lipinski definition) is 3. The van der Waals surface area contributed by atoms with Crippen molar-refractivity contribution in [2.45, 2.75) is 33.7 Å². The molecule has 1 heterocycles. The minimum absolute atomic E-state index is 0.0587. The molecule has 2 N–H and O–H groups in total. The summed E-state index contributed by atoms with van der Waals surface area (Å²) in [6, 6.07) is 1.13. The highest BCUT2D eigenvalue weighted by Crippen LogP contribution is 2.06. The highest BCUT2D eigenvalue weighted by molar-refractivity contribution is 5.78. The second kappa shape index (κ2) is 4.92. The van der Waals surface area contributed by atoms with Gasteiger partial charge in [-0.05, 0) is 13.8 Å². The summed E-state index contributed by atoms with van der Waals surface area (Å²) in [4.78, 5) is 29.5. The summed E-state index contributed by atoms with van der Waals surface area (Å²) in [6.45, 7) is 7.16. The third-order valence-corrected chi connectivity index (χ3v) is 2.18. The fourth-order valence-electron chi connectivity index (χ4n) is 1.26. The topological polar surface area (TPSA) is 74.8 Å². The summed E-state index contributed by atoms with van der Waals surface area (Å²) in [5, 5.41) is 2.78. The number of carbonyl (C=O) groups is 1. The summed E-state index contributed by atoms with van der Waals surface area (Å²) in [6.07, 6.45) is 0. The first-order chi connectivity index (χ1) is 7.40. The molecule has 0 spiro atoms. The number of H-pyrrole nitrogens is 1. The SMILES string of the molecule is Cc1cc(=O)[nH]c(C(C)NC(=O)C(C)C)n1. The highest BCUT2D eigenvalue weighted by atomic mass is 16.2. The lowest BCUT2D eigenvalue weighted by molar-refractivity contribution is -0.124. The minimum atomic E-state index is -0.289. The first-order valence-corrected chi connectivity index (χ1v) is 5.28. The number of aromatic amines is 1. The van der Waals surface area contributed by atoms with Gasteiger partial charge in [0, 0.05) is 17.7 Å². The summed E-state index contributed by atoms with van der Waals surface area (Å²) in [5.41, 5.74) is 0.442. The zero-order chi connectivity index (χ0) is 12.3. The lowest BCUT2D eigenvalue weighted by Crippen LogP contribution is -2.32. The van der Waals surface area contributed by atoms with E-state index in [1.165, 1.54) is 6.07 Å². The standard InChI is InChI=1S/C11H17N3O2/c1-6(2)11(16)13-8(4)10-12-7(3)5-9(15)14-10/h5-6,8H,1-4H3,(H,13,16)(H,12,14,15). The molecule has 1 amide bonds. The first-order valence-electron chi connectivity index (χ1n) is 5.28. The molecule has 0 saturated carbocycles. The fraction of sp³-hybridized carbons (Fsp3) is 0.545. The fourth-order valence-corrected chi connectivity index (χ4v) is 1.26. The van der Waals surface area contributed by atoms with Crippen LogP contribution in [0.1, 0.15) is 38.3 Å². The first kappa shape index (κ1) is 12.4. The van der Waals surface area contributed by atoms with Gasteiger partial charge in [0.2, 0.25) is 5.91 Å². The van der Waals surface area contributed by atoms with E-state index in [9.17, 15) is 9.59 Å². The van der Waals surface area contributed by atoms with E-state index in [0.717, 1.165) is 0 Å². The van der Waals surface area contributed by atoms with E-state index >= 15 is 0 Å². The molecule has 5 heteroatoms. The van der Waals surface area contributed by atoms with Crippen molar-refractivity contribution in [3.8, 4) is 0 Å². The van der Waals surface area contributed by atoms with Crippen LogP contribution in [0.25, 0.3) is 0 Å². The molecule has 0 aliphatic rings. The summed E-state index contributed by atoms with van der Waals surface area (Å²) < 4.78 is 0. The average molecular weight is 223 g/mol. The van der Waals surface area contributed by atoms with Crippen molar-refractivity contribution in [2.24, 2.45) is 5.92 Å². The van der Waals surface area contributed by atoms with Crippen molar-refractivity contribution in [2.75, 3.05) is 0 Å². The molecule has 0 fully saturated rings. The van der Waals surface area contributed by atoms with Crippen LogP contribution in [0.3, 0.4) is 0 Å². The van der Waals surface area contributed by atoms with Crippen LogP contribution in [0.4, 0.5) is 0 Å². The molecule has 0 radical (unpaired) electrons. The van der Waals surface area contributed by atoms with Crippen LogP contribution in [-0.2, 0) is 4.79 Å². The largest absolute Gasteiger partial charge is 0.346 e. The van der Waals surface area contributed by atoms with Crippen LogP contribution in [0.15, 0.2) is 10.9 Å². The normalized spacial score (nSPS) is 12.6. The molecular weight excluding hydrogens is 206 g/mol. The van der Waals surface area contributed by atoms with Crippen LogP contribution in [-0.4, -0.2) is 15.9 Å². The maximum Gasteiger partial charge on any atom is 0.251 e. The van der Waals surface area contributed by atoms with Crippen molar-refractivity contribution in [1.82, 2.24) is 15.3 Å². The van der Waals surface area contributed by atoms with Crippen LogP contribution in [0.2, 0.25) is 0 Å². The number of nitrogens with one attached hydrogen (secondary N) is 2. The van der Waals surface area contributed by atoms with Gasteiger partial charge in [-0.2, -0.15) is 0 Å². The molecule has 88 valence electrons. The molecule has 0 saturated heterocycles. The van der Waals surface area contributed by atoms with Gasteiger partial charge in [-0.1, -0.05) is 13.8 Å². The Kier molecular flexibility index (Phi) is 3.82. The van der Waals surface area contributed by atoms with Crippen molar-refractivity contribution < 1.29 is 4.79 Å². The zero-order valence-corrected chi connectivity index (χ0v) is 10.00. The van der Waals surface area contributed by atoms with Crippen LogP contribution >= 0.6 is 0 Å². The van der Waals surface area contributed by atoms with E-state index in [-0.39, 0.29) is 23.4 Å². The van der Waals surface area contributed by atoms with Crippen molar-refractivity contribution >= 4 is 5.91 Å². The van der Waals surface area contributed by atoms with Crippen molar-refractivity contribution in [1.29, 1.82) is 0 Å². The molecule has 1 atom stereocenters. The Labute approximate surface area is 94.3 Å². The lowest BCUT2D eigenvalue weighted by Gasteiger charge is -2.14. The third-order valence-electron chi connectivity index (χ3n) is 2.18. The van der Waals surface area contributed by atoms with Gasteiger partial charge in [-0.3, -0.25) is 9.59 Å².